The van der Waals surface area contributed by atoms with Gasteiger partial charge in [-0.25, -0.2) is 4.39 Å². The summed E-state index contributed by atoms with van der Waals surface area (Å²) in [6, 6.07) is 16.8. The zero-order valence-corrected chi connectivity index (χ0v) is 14.5. The summed E-state index contributed by atoms with van der Waals surface area (Å²) < 4.78 is 12.9. The van der Waals surface area contributed by atoms with Crippen LogP contribution in [-0.4, -0.2) is 29.6 Å². The smallest absolute Gasteiger partial charge is 0.232 e. The van der Waals surface area contributed by atoms with Gasteiger partial charge in [-0.15, -0.1) is 11.8 Å². The van der Waals surface area contributed by atoms with Gasteiger partial charge in [0.25, 0.3) is 0 Å². The minimum atomic E-state index is -0.246. The van der Waals surface area contributed by atoms with E-state index in [2.05, 4.69) is 24.3 Å². The molecule has 1 aliphatic heterocycles. The second kappa shape index (κ2) is 8.34. The Balaban J connectivity index is 1.59. The van der Waals surface area contributed by atoms with Gasteiger partial charge in [0, 0.05) is 23.9 Å². The zero-order valence-electron chi connectivity index (χ0n) is 13.7. The van der Waals surface area contributed by atoms with E-state index >= 15 is 0 Å². The van der Waals surface area contributed by atoms with Gasteiger partial charge in [-0.05, 0) is 42.7 Å². The van der Waals surface area contributed by atoms with Crippen molar-refractivity contribution >= 4 is 17.7 Å². The average Bonchev–Trinajstić information content (AvgIpc) is 2.88. The van der Waals surface area contributed by atoms with Crippen molar-refractivity contribution in [1.82, 2.24) is 4.90 Å². The Hall–Kier alpha value is -1.81. The number of nitrogens with zero attached hydrogens (tertiary/aromatic N) is 1. The lowest BCUT2D eigenvalue weighted by Gasteiger charge is -2.25. The number of halogens is 1. The summed E-state index contributed by atoms with van der Waals surface area (Å²) in [5, 5.41) is 0. The fourth-order valence-corrected chi connectivity index (χ4v) is 3.93. The molecule has 2 aromatic rings. The number of carbonyl (C=O) groups excluding carboxylic acids is 1. The predicted molar refractivity (Wildman–Crippen MR) is 96.7 cm³/mol. The van der Waals surface area contributed by atoms with Crippen LogP contribution in [0.1, 0.15) is 30.7 Å². The molecule has 1 atom stereocenters. The van der Waals surface area contributed by atoms with Gasteiger partial charge in [-0.2, -0.15) is 0 Å². The number of benzene rings is 2. The van der Waals surface area contributed by atoms with Crippen LogP contribution in [0.3, 0.4) is 0 Å². The summed E-state index contributed by atoms with van der Waals surface area (Å²) in [5.41, 5.74) is 1.32. The molecule has 0 aliphatic carbocycles. The summed E-state index contributed by atoms with van der Waals surface area (Å²) >= 11 is 1.48. The Morgan fingerprint density at radius 2 is 1.83 bits per heavy atom. The molecule has 0 N–H and O–H groups in total. The molecular formula is C20H22FNOS. The highest BCUT2D eigenvalue weighted by Crippen LogP contribution is 2.27. The Labute approximate surface area is 147 Å². The van der Waals surface area contributed by atoms with Crippen molar-refractivity contribution in [2.45, 2.75) is 30.1 Å². The van der Waals surface area contributed by atoms with Crippen LogP contribution in [0.15, 0.2) is 59.5 Å². The number of amides is 1. The number of hydrogen-bond donors (Lipinski definition) is 0. The lowest BCUT2D eigenvalue weighted by molar-refractivity contribution is -0.128. The predicted octanol–water partition coefficient (Wildman–Crippen LogP) is 4.71. The minimum Gasteiger partial charge on any atom is -0.341 e. The molecule has 1 aliphatic rings. The molecule has 126 valence electrons. The van der Waals surface area contributed by atoms with Gasteiger partial charge in [-0.1, -0.05) is 36.8 Å². The van der Waals surface area contributed by atoms with Crippen LogP contribution in [0.2, 0.25) is 0 Å². The highest BCUT2D eigenvalue weighted by Gasteiger charge is 2.23. The lowest BCUT2D eigenvalue weighted by Crippen LogP contribution is -2.35. The summed E-state index contributed by atoms with van der Waals surface area (Å²) in [6.07, 6.45) is 3.36. The maximum Gasteiger partial charge on any atom is 0.232 e. The molecule has 24 heavy (non-hydrogen) atoms. The Bertz CT molecular complexity index is 659. The maximum absolute atomic E-state index is 12.9. The SMILES string of the molecule is O=C(CSc1ccc(F)cc1)N1CCCCC(c2ccccc2)C1. The number of rotatable bonds is 4. The van der Waals surface area contributed by atoms with Crippen molar-refractivity contribution in [2.24, 2.45) is 0 Å². The zero-order chi connectivity index (χ0) is 16.8. The average molecular weight is 343 g/mol. The van der Waals surface area contributed by atoms with Gasteiger partial charge in [-0.3, -0.25) is 4.79 Å². The monoisotopic (exact) mass is 343 g/mol. The highest BCUT2D eigenvalue weighted by atomic mass is 32.2. The van der Waals surface area contributed by atoms with Crippen LogP contribution >= 0.6 is 11.8 Å². The van der Waals surface area contributed by atoms with E-state index in [1.165, 1.54) is 29.5 Å². The minimum absolute atomic E-state index is 0.173. The van der Waals surface area contributed by atoms with Crippen molar-refractivity contribution in [1.29, 1.82) is 0 Å². The first-order valence-corrected chi connectivity index (χ1v) is 9.42. The normalized spacial score (nSPS) is 18.2. The highest BCUT2D eigenvalue weighted by molar-refractivity contribution is 8.00. The standard InChI is InChI=1S/C20H22FNOS/c21-18-9-11-19(12-10-18)24-15-20(23)22-13-5-4-8-17(14-22)16-6-2-1-3-7-16/h1-3,6-7,9-12,17H,4-5,8,13-15H2. The van der Waals surface area contributed by atoms with Crippen molar-refractivity contribution in [3.8, 4) is 0 Å². The van der Waals surface area contributed by atoms with Gasteiger partial charge in [0.1, 0.15) is 5.82 Å². The van der Waals surface area contributed by atoms with E-state index in [4.69, 9.17) is 0 Å². The van der Waals surface area contributed by atoms with E-state index in [1.54, 1.807) is 12.1 Å². The van der Waals surface area contributed by atoms with Crippen molar-refractivity contribution in [3.05, 3.63) is 66.0 Å². The number of hydrogen-bond acceptors (Lipinski definition) is 2. The molecule has 0 saturated carbocycles. The third-order valence-electron chi connectivity index (χ3n) is 4.47. The molecule has 0 aromatic heterocycles. The summed E-state index contributed by atoms with van der Waals surface area (Å²) in [7, 11) is 0. The summed E-state index contributed by atoms with van der Waals surface area (Å²) in [6.45, 7) is 1.64. The van der Waals surface area contributed by atoms with Gasteiger partial charge in [0.2, 0.25) is 5.91 Å². The first-order valence-electron chi connectivity index (χ1n) is 8.43. The molecule has 4 heteroatoms. The van der Waals surface area contributed by atoms with Crippen LogP contribution in [0, 0.1) is 5.82 Å². The Morgan fingerprint density at radius 3 is 2.58 bits per heavy atom. The van der Waals surface area contributed by atoms with E-state index < -0.39 is 0 Å². The van der Waals surface area contributed by atoms with Crippen LogP contribution in [0.5, 0.6) is 0 Å². The maximum atomic E-state index is 12.9. The molecule has 2 aromatic carbocycles. The molecule has 1 saturated heterocycles. The molecule has 3 rings (SSSR count). The lowest BCUT2D eigenvalue weighted by atomic mass is 9.94. The van der Waals surface area contributed by atoms with Gasteiger partial charge in [0.15, 0.2) is 0 Å². The fraction of sp³-hybridized carbons (Fsp3) is 0.350. The first-order chi connectivity index (χ1) is 11.7. The van der Waals surface area contributed by atoms with Crippen LogP contribution < -0.4 is 0 Å². The van der Waals surface area contributed by atoms with Gasteiger partial charge < -0.3 is 4.90 Å². The van der Waals surface area contributed by atoms with Gasteiger partial charge >= 0.3 is 0 Å². The fourth-order valence-electron chi connectivity index (χ4n) is 3.13. The molecule has 0 spiro atoms. The Kier molecular flexibility index (Phi) is 5.91. The summed E-state index contributed by atoms with van der Waals surface area (Å²) in [5.74, 6) is 0.761. The van der Waals surface area contributed by atoms with Gasteiger partial charge in [0.05, 0.1) is 5.75 Å². The second-order valence-electron chi connectivity index (χ2n) is 6.19. The Morgan fingerprint density at radius 1 is 1.08 bits per heavy atom. The molecule has 1 unspecified atom stereocenters. The second-order valence-corrected chi connectivity index (χ2v) is 7.23. The summed E-state index contributed by atoms with van der Waals surface area (Å²) in [4.78, 5) is 15.5. The molecular weight excluding hydrogens is 321 g/mol. The molecule has 1 heterocycles. The van der Waals surface area contributed by atoms with Crippen molar-refractivity contribution in [2.75, 3.05) is 18.8 Å². The third kappa shape index (κ3) is 4.60. The topological polar surface area (TPSA) is 20.3 Å². The largest absolute Gasteiger partial charge is 0.341 e. The molecule has 0 radical (unpaired) electrons. The van der Waals surface area contributed by atoms with Crippen LogP contribution in [-0.2, 0) is 4.79 Å². The van der Waals surface area contributed by atoms with Crippen LogP contribution in [0.4, 0.5) is 4.39 Å². The third-order valence-corrected chi connectivity index (χ3v) is 5.47. The van der Waals surface area contributed by atoms with Crippen LogP contribution in [0.25, 0.3) is 0 Å². The molecule has 1 fully saturated rings. The van der Waals surface area contributed by atoms with E-state index in [9.17, 15) is 9.18 Å². The first kappa shape index (κ1) is 17.0. The molecule has 1 amide bonds. The quantitative estimate of drug-likeness (QED) is 0.749. The van der Waals surface area contributed by atoms with E-state index in [0.717, 1.165) is 37.2 Å². The van der Waals surface area contributed by atoms with E-state index in [0.29, 0.717) is 11.7 Å². The number of carbonyl (C=O) groups is 1. The molecule has 2 nitrogen and oxygen atoms in total. The van der Waals surface area contributed by atoms with Crippen molar-refractivity contribution < 1.29 is 9.18 Å². The van der Waals surface area contributed by atoms with Crippen molar-refractivity contribution in [3.63, 3.8) is 0 Å². The van der Waals surface area contributed by atoms with E-state index in [-0.39, 0.29) is 11.7 Å². The number of likely N-dealkylation sites (tertiary alicyclic amines) is 1. The molecule has 0 bridgehead atoms. The van der Waals surface area contributed by atoms with E-state index in [1.807, 2.05) is 11.0 Å². The number of thioether (sulfide) groups is 1.